The molecule has 0 heterocycles. The first kappa shape index (κ1) is 27.5. The molecule has 2 rings (SSSR count). The Bertz CT molecular complexity index is 1010. The molecule has 0 radical (unpaired) electrons. The van der Waals surface area contributed by atoms with Crippen molar-refractivity contribution in [3.8, 4) is 11.5 Å². The molecule has 11 heteroatoms. The summed E-state index contributed by atoms with van der Waals surface area (Å²) in [5.74, 6) is -1.90. The first-order valence-corrected chi connectivity index (χ1v) is 11.2. The van der Waals surface area contributed by atoms with E-state index >= 15 is 0 Å². The molecule has 1 atom stereocenters. The summed E-state index contributed by atoms with van der Waals surface area (Å²) >= 11 is 5.77. The maximum atomic E-state index is 12.5. The Morgan fingerprint density at radius 2 is 1.37 bits per heavy atom. The van der Waals surface area contributed by atoms with E-state index in [4.69, 9.17) is 25.8 Å². The number of carbonyl (C=O) groups is 4. The molecule has 0 aromatic heterocycles. The van der Waals surface area contributed by atoms with Gasteiger partial charge in [0.25, 0.3) is 17.7 Å². The second kappa shape index (κ2) is 13.8. The standard InChI is InChI=1S/C24H28ClN3O7/c1-4-33-18-9-5-16(6-10-18)23(31)26-22(15(2)3)24(32)35-14-21(30)28-27-20(29)13-34-19-11-7-17(25)8-12-19/h5-12,15,22H,4,13-14H2,1-3H3,(H,26,31)(H,27,29)(H,28,30)/t22-/m0/s1. The van der Waals surface area contributed by atoms with Crippen LogP contribution < -0.4 is 25.6 Å². The van der Waals surface area contributed by atoms with Crippen molar-refractivity contribution in [2.24, 2.45) is 5.92 Å². The Morgan fingerprint density at radius 1 is 0.829 bits per heavy atom. The third-order valence-corrected chi connectivity index (χ3v) is 4.76. The quantitative estimate of drug-likeness (QED) is 0.315. The summed E-state index contributed by atoms with van der Waals surface area (Å²) in [6.45, 7) is 4.80. The lowest BCUT2D eigenvalue weighted by Crippen LogP contribution is -2.48. The van der Waals surface area contributed by atoms with Gasteiger partial charge in [-0.05, 0) is 61.4 Å². The van der Waals surface area contributed by atoms with E-state index in [0.29, 0.717) is 28.7 Å². The topological polar surface area (TPSA) is 132 Å². The van der Waals surface area contributed by atoms with E-state index in [-0.39, 0.29) is 12.5 Å². The van der Waals surface area contributed by atoms with Crippen LogP contribution in [0.15, 0.2) is 48.5 Å². The third-order valence-electron chi connectivity index (χ3n) is 4.51. The highest BCUT2D eigenvalue weighted by molar-refractivity contribution is 6.30. The summed E-state index contributed by atoms with van der Waals surface area (Å²) < 4.78 is 15.6. The van der Waals surface area contributed by atoms with Crippen LogP contribution >= 0.6 is 11.6 Å². The molecule has 2 aromatic rings. The van der Waals surface area contributed by atoms with Crippen molar-refractivity contribution in [1.82, 2.24) is 16.2 Å². The predicted octanol–water partition coefficient (Wildman–Crippen LogP) is 2.26. The highest BCUT2D eigenvalue weighted by Gasteiger charge is 2.27. The first-order chi connectivity index (χ1) is 16.7. The van der Waals surface area contributed by atoms with E-state index in [1.54, 1.807) is 62.4 Å². The number of rotatable bonds is 11. The van der Waals surface area contributed by atoms with Crippen LogP contribution in [0.2, 0.25) is 5.02 Å². The van der Waals surface area contributed by atoms with Gasteiger partial charge >= 0.3 is 5.97 Å². The number of nitrogens with one attached hydrogen (secondary N) is 3. The van der Waals surface area contributed by atoms with Crippen LogP contribution in [0.3, 0.4) is 0 Å². The van der Waals surface area contributed by atoms with E-state index in [9.17, 15) is 19.2 Å². The summed E-state index contributed by atoms with van der Waals surface area (Å²) in [6, 6.07) is 11.9. The van der Waals surface area contributed by atoms with E-state index in [1.165, 1.54) is 0 Å². The Hall–Kier alpha value is -3.79. The highest BCUT2D eigenvalue weighted by atomic mass is 35.5. The molecule has 0 aliphatic carbocycles. The number of esters is 1. The predicted molar refractivity (Wildman–Crippen MR) is 128 cm³/mol. The van der Waals surface area contributed by atoms with Gasteiger partial charge in [-0.25, -0.2) is 4.79 Å². The largest absolute Gasteiger partial charge is 0.494 e. The van der Waals surface area contributed by atoms with Gasteiger partial charge in [-0.1, -0.05) is 25.4 Å². The van der Waals surface area contributed by atoms with Crippen molar-refractivity contribution in [3.63, 3.8) is 0 Å². The second-order valence-corrected chi connectivity index (χ2v) is 8.04. The molecule has 0 aliphatic heterocycles. The Labute approximate surface area is 208 Å². The monoisotopic (exact) mass is 505 g/mol. The Morgan fingerprint density at radius 3 is 1.94 bits per heavy atom. The average Bonchev–Trinajstić information content (AvgIpc) is 2.84. The van der Waals surface area contributed by atoms with Crippen molar-refractivity contribution in [2.45, 2.75) is 26.8 Å². The number of ether oxygens (including phenoxy) is 3. The molecular weight excluding hydrogens is 478 g/mol. The van der Waals surface area contributed by atoms with Gasteiger partial charge in [0.2, 0.25) is 0 Å². The van der Waals surface area contributed by atoms with Gasteiger partial charge in [0, 0.05) is 10.6 Å². The molecule has 188 valence electrons. The van der Waals surface area contributed by atoms with Crippen LogP contribution in [-0.4, -0.2) is 49.6 Å². The number of hydrogen-bond donors (Lipinski definition) is 3. The molecule has 3 N–H and O–H groups in total. The minimum Gasteiger partial charge on any atom is -0.494 e. The second-order valence-electron chi connectivity index (χ2n) is 7.60. The summed E-state index contributed by atoms with van der Waals surface area (Å²) in [5.41, 5.74) is 4.60. The molecule has 0 aliphatic rings. The molecule has 2 aromatic carbocycles. The van der Waals surface area contributed by atoms with Crippen molar-refractivity contribution in [2.75, 3.05) is 19.8 Å². The van der Waals surface area contributed by atoms with Crippen LogP contribution in [0.25, 0.3) is 0 Å². The van der Waals surface area contributed by atoms with Gasteiger partial charge in [0.1, 0.15) is 17.5 Å². The first-order valence-electron chi connectivity index (χ1n) is 10.9. The molecule has 35 heavy (non-hydrogen) atoms. The molecule has 10 nitrogen and oxygen atoms in total. The fourth-order valence-corrected chi connectivity index (χ4v) is 2.84. The zero-order valence-corrected chi connectivity index (χ0v) is 20.4. The SMILES string of the molecule is CCOc1ccc(C(=O)N[C@H](C(=O)OCC(=O)NNC(=O)COc2ccc(Cl)cc2)C(C)C)cc1. The van der Waals surface area contributed by atoms with Gasteiger partial charge in [-0.15, -0.1) is 0 Å². The number of carbonyl (C=O) groups excluding carboxylic acids is 4. The smallest absolute Gasteiger partial charge is 0.329 e. The van der Waals surface area contributed by atoms with E-state index in [2.05, 4.69) is 16.2 Å². The highest BCUT2D eigenvalue weighted by Crippen LogP contribution is 2.15. The van der Waals surface area contributed by atoms with Crippen LogP contribution in [-0.2, 0) is 19.1 Å². The summed E-state index contributed by atoms with van der Waals surface area (Å²) in [5, 5.41) is 3.14. The zero-order chi connectivity index (χ0) is 25.8. The molecule has 0 bridgehead atoms. The van der Waals surface area contributed by atoms with Crippen LogP contribution in [0.5, 0.6) is 11.5 Å². The number of benzene rings is 2. The number of hydrogen-bond acceptors (Lipinski definition) is 7. The molecule has 0 spiro atoms. The number of hydrazine groups is 1. The molecule has 0 fully saturated rings. The summed E-state index contributed by atoms with van der Waals surface area (Å²) in [4.78, 5) is 48.7. The number of halogens is 1. The fraction of sp³-hybridized carbons (Fsp3) is 0.333. The average molecular weight is 506 g/mol. The van der Waals surface area contributed by atoms with Crippen LogP contribution in [0.1, 0.15) is 31.1 Å². The van der Waals surface area contributed by atoms with E-state index < -0.39 is 36.3 Å². The summed E-state index contributed by atoms with van der Waals surface area (Å²) in [7, 11) is 0. The van der Waals surface area contributed by atoms with Gasteiger partial charge in [0.15, 0.2) is 13.2 Å². The Balaban J connectivity index is 1.76. The molecule has 0 saturated heterocycles. The van der Waals surface area contributed by atoms with Crippen molar-refractivity contribution in [1.29, 1.82) is 0 Å². The van der Waals surface area contributed by atoms with Gasteiger partial charge in [-0.2, -0.15) is 0 Å². The van der Waals surface area contributed by atoms with E-state index in [0.717, 1.165) is 0 Å². The maximum absolute atomic E-state index is 12.5. The van der Waals surface area contributed by atoms with Gasteiger partial charge in [-0.3, -0.25) is 25.2 Å². The van der Waals surface area contributed by atoms with Crippen LogP contribution in [0.4, 0.5) is 0 Å². The lowest BCUT2D eigenvalue weighted by molar-refractivity contribution is -0.151. The lowest BCUT2D eigenvalue weighted by atomic mass is 10.0. The lowest BCUT2D eigenvalue weighted by Gasteiger charge is -2.21. The zero-order valence-electron chi connectivity index (χ0n) is 19.6. The molecular formula is C24H28ClN3O7. The molecule has 0 unspecified atom stereocenters. The summed E-state index contributed by atoms with van der Waals surface area (Å²) in [6.07, 6.45) is 0. The third kappa shape index (κ3) is 9.54. The normalized spacial score (nSPS) is 11.2. The molecule has 0 saturated carbocycles. The van der Waals surface area contributed by atoms with E-state index in [1.807, 2.05) is 6.92 Å². The Kier molecular flexibility index (Phi) is 10.8. The maximum Gasteiger partial charge on any atom is 0.329 e. The van der Waals surface area contributed by atoms with Gasteiger partial charge < -0.3 is 19.5 Å². The molecule has 3 amide bonds. The van der Waals surface area contributed by atoms with Gasteiger partial charge in [0.05, 0.1) is 6.61 Å². The minimum absolute atomic E-state index is 0.304. The minimum atomic E-state index is -0.982. The van der Waals surface area contributed by atoms with Crippen LogP contribution in [0, 0.1) is 5.92 Å². The number of amides is 3. The fourth-order valence-electron chi connectivity index (χ4n) is 2.71. The van der Waals surface area contributed by atoms with Crippen molar-refractivity contribution >= 4 is 35.3 Å². The van der Waals surface area contributed by atoms with Crippen molar-refractivity contribution < 1.29 is 33.4 Å². The van der Waals surface area contributed by atoms with Crippen molar-refractivity contribution in [3.05, 3.63) is 59.1 Å².